The van der Waals surface area contributed by atoms with Gasteiger partial charge in [-0.15, -0.1) is 0 Å². The Morgan fingerprint density at radius 2 is 1.67 bits per heavy atom. The molecule has 0 saturated carbocycles. The molecular weight excluding hydrogens is 284 g/mol. The molecule has 0 fully saturated rings. The molecule has 0 aliphatic heterocycles. The van der Waals surface area contributed by atoms with Crippen molar-refractivity contribution in [3.63, 3.8) is 0 Å². The number of hydrogen-bond acceptors (Lipinski definition) is 3. The molecule has 7 heteroatoms. The minimum Gasteiger partial charge on any atom is -0.478 e. The molecule has 0 aliphatic rings. The number of anilines is 1. The lowest BCUT2D eigenvalue weighted by atomic mass is 10.1. The van der Waals surface area contributed by atoms with Gasteiger partial charge in [0.2, 0.25) is 0 Å². The lowest BCUT2D eigenvalue weighted by molar-refractivity contribution is 0.0697. The third-order valence-electron chi connectivity index (χ3n) is 2.48. The van der Waals surface area contributed by atoms with Crippen LogP contribution in [0.25, 0.3) is 0 Å². The van der Waals surface area contributed by atoms with E-state index in [0.29, 0.717) is 12.1 Å². The Hall–Kier alpha value is -2.96. The highest BCUT2D eigenvalue weighted by molar-refractivity contribution is 5.99. The van der Waals surface area contributed by atoms with E-state index in [1.165, 1.54) is 12.1 Å². The number of benzene rings is 2. The Labute approximate surface area is 117 Å². The number of rotatable bonds is 3. The van der Waals surface area contributed by atoms with Crippen LogP contribution in [-0.2, 0) is 0 Å². The van der Waals surface area contributed by atoms with Gasteiger partial charge in [0, 0.05) is 6.07 Å². The van der Waals surface area contributed by atoms with Gasteiger partial charge in [-0.05, 0) is 18.2 Å². The van der Waals surface area contributed by atoms with Crippen LogP contribution >= 0.6 is 0 Å². The molecule has 0 saturated heterocycles. The molecule has 0 aromatic heterocycles. The topological polar surface area (TPSA) is 75.6 Å². The molecule has 2 rings (SSSR count). The van der Waals surface area contributed by atoms with Gasteiger partial charge in [0.25, 0.3) is 0 Å². The van der Waals surface area contributed by atoms with Crippen molar-refractivity contribution >= 4 is 17.7 Å². The maximum absolute atomic E-state index is 13.1. The first-order chi connectivity index (χ1) is 9.97. The summed E-state index contributed by atoms with van der Waals surface area (Å²) in [7, 11) is 0. The molecule has 0 heterocycles. The number of halogens is 2. The highest BCUT2D eigenvalue weighted by Gasteiger charge is 2.17. The van der Waals surface area contributed by atoms with Gasteiger partial charge in [0.1, 0.15) is 5.75 Å². The lowest BCUT2D eigenvalue weighted by Crippen LogP contribution is -2.19. The summed E-state index contributed by atoms with van der Waals surface area (Å²) in [5, 5.41) is 11.0. The number of para-hydroxylation sites is 1. The van der Waals surface area contributed by atoms with E-state index in [1.807, 2.05) is 0 Å². The standard InChI is InChI=1S/C14H9F2NO4/c15-10-6-9(13(18)19)12(7-11(10)16)17-14(20)21-8-4-2-1-3-5-8/h1-7H,(H,17,20)(H,18,19). The van der Waals surface area contributed by atoms with E-state index in [0.717, 1.165) is 0 Å². The molecule has 0 spiro atoms. The third-order valence-corrected chi connectivity index (χ3v) is 2.48. The number of carbonyl (C=O) groups is 2. The highest BCUT2D eigenvalue weighted by Crippen LogP contribution is 2.21. The van der Waals surface area contributed by atoms with E-state index in [-0.39, 0.29) is 5.75 Å². The van der Waals surface area contributed by atoms with Gasteiger partial charge in [0.15, 0.2) is 11.6 Å². The van der Waals surface area contributed by atoms with E-state index >= 15 is 0 Å². The number of nitrogens with one attached hydrogen (secondary N) is 1. The Balaban J connectivity index is 2.21. The molecule has 0 aliphatic carbocycles. The molecule has 0 atom stereocenters. The third kappa shape index (κ3) is 3.53. The number of amides is 1. The largest absolute Gasteiger partial charge is 0.478 e. The van der Waals surface area contributed by atoms with Crippen molar-refractivity contribution in [3.8, 4) is 5.75 Å². The second-order valence-electron chi connectivity index (χ2n) is 3.94. The molecule has 5 nitrogen and oxygen atoms in total. The average Bonchev–Trinajstić information content (AvgIpc) is 2.43. The molecule has 0 unspecified atom stereocenters. The highest BCUT2D eigenvalue weighted by atomic mass is 19.2. The summed E-state index contributed by atoms with van der Waals surface area (Å²) in [6.45, 7) is 0. The van der Waals surface area contributed by atoms with Crippen molar-refractivity contribution in [2.45, 2.75) is 0 Å². The number of ether oxygens (including phenoxy) is 1. The summed E-state index contributed by atoms with van der Waals surface area (Å²) in [6.07, 6.45) is -1.02. The van der Waals surface area contributed by atoms with Crippen LogP contribution in [0.4, 0.5) is 19.3 Å². The Bertz CT molecular complexity index is 689. The van der Waals surface area contributed by atoms with Gasteiger partial charge in [-0.2, -0.15) is 0 Å². The predicted octanol–water partition coefficient (Wildman–Crippen LogP) is 3.27. The van der Waals surface area contributed by atoms with Crippen molar-refractivity contribution in [3.05, 3.63) is 59.7 Å². The van der Waals surface area contributed by atoms with Crippen molar-refractivity contribution in [1.82, 2.24) is 0 Å². The van der Waals surface area contributed by atoms with Crippen molar-refractivity contribution in [2.24, 2.45) is 0 Å². The summed E-state index contributed by atoms with van der Waals surface area (Å²) in [4.78, 5) is 22.6. The molecule has 2 aromatic rings. The first-order valence-corrected chi connectivity index (χ1v) is 5.73. The van der Waals surface area contributed by atoms with Crippen LogP contribution in [0.15, 0.2) is 42.5 Å². The average molecular weight is 293 g/mol. The fourth-order valence-electron chi connectivity index (χ4n) is 1.56. The predicted molar refractivity (Wildman–Crippen MR) is 69.4 cm³/mol. The van der Waals surface area contributed by atoms with Crippen LogP contribution in [0.1, 0.15) is 10.4 Å². The zero-order valence-electron chi connectivity index (χ0n) is 10.5. The zero-order valence-corrected chi connectivity index (χ0v) is 10.5. The fourth-order valence-corrected chi connectivity index (χ4v) is 1.56. The van der Waals surface area contributed by atoms with E-state index < -0.39 is 34.9 Å². The number of carboxylic acid groups (broad SMARTS) is 1. The molecule has 1 amide bonds. The monoisotopic (exact) mass is 293 g/mol. The number of carboxylic acids is 1. The summed E-state index contributed by atoms with van der Waals surface area (Å²) < 4.78 is 31.0. The van der Waals surface area contributed by atoms with Crippen LogP contribution in [0.2, 0.25) is 0 Å². The Kier molecular flexibility index (Phi) is 4.13. The normalized spacial score (nSPS) is 10.0. The minimum absolute atomic E-state index is 0.217. The summed E-state index contributed by atoms with van der Waals surface area (Å²) in [6, 6.07) is 9.03. The van der Waals surface area contributed by atoms with Gasteiger partial charge in [-0.1, -0.05) is 18.2 Å². The molecule has 2 aromatic carbocycles. The quantitative estimate of drug-likeness (QED) is 0.910. The van der Waals surface area contributed by atoms with E-state index in [2.05, 4.69) is 5.32 Å². The van der Waals surface area contributed by atoms with Crippen molar-refractivity contribution in [2.75, 3.05) is 5.32 Å². The van der Waals surface area contributed by atoms with Crippen molar-refractivity contribution in [1.29, 1.82) is 0 Å². The fraction of sp³-hybridized carbons (Fsp3) is 0. The van der Waals surface area contributed by atoms with Crippen LogP contribution in [-0.4, -0.2) is 17.2 Å². The molecular formula is C14H9F2NO4. The van der Waals surface area contributed by atoms with Crippen LogP contribution in [0, 0.1) is 11.6 Å². The second-order valence-corrected chi connectivity index (χ2v) is 3.94. The van der Waals surface area contributed by atoms with Gasteiger partial charge in [-0.3, -0.25) is 5.32 Å². The number of hydrogen-bond donors (Lipinski definition) is 2. The minimum atomic E-state index is -1.51. The number of carbonyl (C=O) groups excluding carboxylic acids is 1. The van der Waals surface area contributed by atoms with E-state index in [1.54, 1.807) is 18.2 Å². The molecule has 0 bridgehead atoms. The van der Waals surface area contributed by atoms with Crippen molar-refractivity contribution < 1.29 is 28.2 Å². The summed E-state index contributed by atoms with van der Waals surface area (Å²) in [5.74, 6) is -3.90. The molecule has 21 heavy (non-hydrogen) atoms. The first kappa shape index (κ1) is 14.4. The van der Waals surface area contributed by atoms with Gasteiger partial charge >= 0.3 is 12.1 Å². The van der Waals surface area contributed by atoms with Crippen LogP contribution in [0.5, 0.6) is 5.75 Å². The van der Waals surface area contributed by atoms with Gasteiger partial charge < -0.3 is 9.84 Å². The van der Waals surface area contributed by atoms with E-state index in [9.17, 15) is 18.4 Å². The maximum Gasteiger partial charge on any atom is 0.417 e. The smallest absolute Gasteiger partial charge is 0.417 e. The van der Waals surface area contributed by atoms with Crippen LogP contribution in [0.3, 0.4) is 0 Å². The molecule has 0 radical (unpaired) electrons. The van der Waals surface area contributed by atoms with E-state index in [4.69, 9.17) is 9.84 Å². The SMILES string of the molecule is O=C(Nc1cc(F)c(F)cc1C(=O)O)Oc1ccccc1. The summed E-state index contributed by atoms with van der Waals surface area (Å²) >= 11 is 0. The van der Waals surface area contributed by atoms with Gasteiger partial charge in [-0.25, -0.2) is 18.4 Å². The zero-order chi connectivity index (χ0) is 15.4. The number of aromatic carboxylic acids is 1. The first-order valence-electron chi connectivity index (χ1n) is 5.73. The summed E-state index contributed by atoms with van der Waals surface area (Å²) in [5.41, 5.74) is -0.985. The second kappa shape index (κ2) is 6.00. The Morgan fingerprint density at radius 1 is 1.05 bits per heavy atom. The molecule has 108 valence electrons. The van der Waals surface area contributed by atoms with Crippen LogP contribution < -0.4 is 10.1 Å². The Morgan fingerprint density at radius 3 is 2.29 bits per heavy atom. The maximum atomic E-state index is 13.1. The van der Waals surface area contributed by atoms with Gasteiger partial charge in [0.05, 0.1) is 11.3 Å². The molecule has 2 N–H and O–H groups in total. The lowest BCUT2D eigenvalue weighted by Gasteiger charge is -2.09.